The third-order valence-electron chi connectivity index (χ3n) is 4.05. The molecule has 0 saturated heterocycles. The molecule has 0 fully saturated rings. The molecule has 3 rings (SSSR count). The molecule has 1 atom stereocenters. The van der Waals surface area contributed by atoms with Gasteiger partial charge in [0.2, 0.25) is 5.91 Å². The first-order chi connectivity index (χ1) is 11.6. The fourth-order valence-corrected chi connectivity index (χ4v) is 2.63. The molecule has 1 unspecified atom stereocenters. The fourth-order valence-electron chi connectivity index (χ4n) is 2.63. The maximum absolute atomic E-state index is 12.1. The van der Waals surface area contributed by atoms with Crippen molar-refractivity contribution >= 4 is 41.8 Å². The van der Waals surface area contributed by atoms with Crippen LogP contribution in [0.4, 0.5) is 0 Å². The van der Waals surface area contributed by atoms with Gasteiger partial charge >= 0.3 is 0 Å². The summed E-state index contributed by atoms with van der Waals surface area (Å²) in [6, 6.07) is 15.0. The number of aromatic amines is 1. The van der Waals surface area contributed by atoms with Crippen LogP contribution in [-0.4, -0.2) is 22.4 Å². The lowest BCUT2D eigenvalue weighted by Crippen LogP contribution is -2.34. The summed E-state index contributed by atoms with van der Waals surface area (Å²) in [5, 5.41) is 2.89. The highest BCUT2D eigenvalue weighted by molar-refractivity contribution is 5.85. The molecule has 140 valence electrons. The van der Waals surface area contributed by atoms with Gasteiger partial charge in [0.15, 0.2) is 0 Å². The number of halogens is 2. The van der Waals surface area contributed by atoms with E-state index in [-0.39, 0.29) is 30.7 Å². The SMILES string of the molecule is Cc1ccc(C(N)C(=O)NCCCc2nc3ccccc3[nH]2)cc1.Cl.Cl. The van der Waals surface area contributed by atoms with E-state index in [0.717, 1.165) is 40.8 Å². The van der Waals surface area contributed by atoms with Crippen molar-refractivity contribution < 1.29 is 4.79 Å². The molecule has 1 amide bonds. The number of rotatable bonds is 6. The number of amides is 1. The molecule has 0 aliphatic carbocycles. The molecular weight excluding hydrogens is 371 g/mol. The van der Waals surface area contributed by atoms with Gasteiger partial charge in [-0.2, -0.15) is 0 Å². The smallest absolute Gasteiger partial charge is 0.241 e. The van der Waals surface area contributed by atoms with Crippen molar-refractivity contribution in [2.45, 2.75) is 25.8 Å². The van der Waals surface area contributed by atoms with Crippen molar-refractivity contribution in [1.29, 1.82) is 0 Å². The summed E-state index contributed by atoms with van der Waals surface area (Å²) in [7, 11) is 0. The minimum Gasteiger partial charge on any atom is -0.354 e. The second-order valence-electron chi connectivity index (χ2n) is 5.98. The van der Waals surface area contributed by atoms with Gasteiger partial charge in [0.05, 0.1) is 11.0 Å². The van der Waals surface area contributed by atoms with Crippen molar-refractivity contribution in [3.8, 4) is 0 Å². The topological polar surface area (TPSA) is 83.8 Å². The molecule has 0 spiro atoms. The Morgan fingerprint density at radius 2 is 1.85 bits per heavy atom. The molecule has 7 heteroatoms. The Kier molecular flexibility index (Phi) is 8.58. The molecule has 2 aromatic carbocycles. The van der Waals surface area contributed by atoms with E-state index < -0.39 is 6.04 Å². The van der Waals surface area contributed by atoms with Gasteiger partial charge in [0.1, 0.15) is 11.9 Å². The lowest BCUT2D eigenvalue weighted by atomic mass is 10.1. The number of carbonyl (C=O) groups is 1. The van der Waals surface area contributed by atoms with E-state index in [9.17, 15) is 4.79 Å². The van der Waals surface area contributed by atoms with Crippen LogP contribution in [0.25, 0.3) is 11.0 Å². The molecule has 5 nitrogen and oxygen atoms in total. The van der Waals surface area contributed by atoms with Crippen LogP contribution in [0.5, 0.6) is 0 Å². The Hall–Kier alpha value is -2.08. The van der Waals surface area contributed by atoms with Crippen LogP contribution in [0.2, 0.25) is 0 Å². The number of aromatic nitrogens is 2. The molecule has 4 N–H and O–H groups in total. The quantitative estimate of drug-likeness (QED) is 0.559. The number of aryl methyl sites for hydroxylation is 2. The minimum atomic E-state index is -0.628. The molecule has 0 saturated carbocycles. The van der Waals surface area contributed by atoms with Crippen molar-refractivity contribution in [2.75, 3.05) is 6.54 Å². The monoisotopic (exact) mass is 394 g/mol. The first kappa shape index (κ1) is 22.0. The summed E-state index contributed by atoms with van der Waals surface area (Å²) < 4.78 is 0. The first-order valence-electron chi connectivity index (χ1n) is 8.17. The first-order valence-corrected chi connectivity index (χ1v) is 8.17. The van der Waals surface area contributed by atoms with Gasteiger partial charge in [-0.05, 0) is 31.0 Å². The normalized spacial score (nSPS) is 11.3. The number of H-pyrrole nitrogens is 1. The van der Waals surface area contributed by atoms with Gasteiger partial charge in [0.25, 0.3) is 0 Å². The summed E-state index contributed by atoms with van der Waals surface area (Å²) in [4.78, 5) is 19.9. The number of hydrogen-bond donors (Lipinski definition) is 3. The zero-order chi connectivity index (χ0) is 16.9. The number of benzene rings is 2. The Morgan fingerprint density at radius 1 is 1.15 bits per heavy atom. The van der Waals surface area contributed by atoms with Gasteiger partial charge in [0, 0.05) is 13.0 Å². The molecule has 0 radical (unpaired) electrons. The average Bonchev–Trinajstić information content (AvgIpc) is 3.01. The van der Waals surface area contributed by atoms with Gasteiger partial charge in [-0.1, -0.05) is 42.0 Å². The Balaban J connectivity index is 0.00000169. The highest BCUT2D eigenvalue weighted by atomic mass is 35.5. The number of nitrogens with two attached hydrogens (primary N) is 1. The van der Waals surface area contributed by atoms with Crippen molar-refractivity contribution in [1.82, 2.24) is 15.3 Å². The molecule has 0 aliphatic heterocycles. The summed E-state index contributed by atoms with van der Waals surface area (Å²) >= 11 is 0. The predicted molar refractivity (Wildman–Crippen MR) is 110 cm³/mol. The highest BCUT2D eigenvalue weighted by Crippen LogP contribution is 2.12. The number of hydrogen-bond acceptors (Lipinski definition) is 3. The van der Waals surface area contributed by atoms with Gasteiger partial charge in [-0.25, -0.2) is 4.98 Å². The van der Waals surface area contributed by atoms with Crippen LogP contribution in [0.3, 0.4) is 0 Å². The maximum atomic E-state index is 12.1. The average molecular weight is 395 g/mol. The van der Waals surface area contributed by atoms with Crippen LogP contribution in [-0.2, 0) is 11.2 Å². The van der Waals surface area contributed by atoms with Gasteiger partial charge < -0.3 is 16.0 Å². The molecule has 1 aromatic heterocycles. The number of nitrogens with zero attached hydrogens (tertiary/aromatic N) is 1. The predicted octanol–water partition coefficient (Wildman–Crippen LogP) is 3.46. The van der Waals surface area contributed by atoms with Gasteiger partial charge in [-0.3, -0.25) is 4.79 Å². The lowest BCUT2D eigenvalue weighted by molar-refractivity contribution is -0.122. The molecule has 26 heavy (non-hydrogen) atoms. The van der Waals surface area contributed by atoms with E-state index in [1.54, 1.807) is 0 Å². The van der Waals surface area contributed by atoms with Crippen LogP contribution >= 0.6 is 24.8 Å². The molecule has 3 aromatic rings. The highest BCUT2D eigenvalue weighted by Gasteiger charge is 2.14. The maximum Gasteiger partial charge on any atom is 0.241 e. The molecule has 0 aliphatic rings. The third-order valence-corrected chi connectivity index (χ3v) is 4.05. The third kappa shape index (κ3) is 5.46. The van der Waals surface area contributed by atoms with Crippen molar-refractivity contribution in [3.63, 3.8) is 0 Å². The van der Waals surface area contributed by atoms with Crippen LogP contribution in [0.1, 0.15) is 29.4 Å². The zero-order valence-electron chi connectivity index (χ0n) is 14.6. The Bertz CT molecular complexity index is 800. The Morgan fingerprint density at radius 3 is 2.54 bits per heavy atom. The van der Waals surface area contributed by atoms with E-state index in [1.165, 1.54) is 0 Å². The summed E-state index contributed by atoms with van der Waals surface area (Å²) in [5.74, 6) is 0.789. The van der Waals surface area contributed by atoms with Crippen molar-refractivity contribution in [2.24, 2.45) is 5.73 Å². The standard InChI is InChI=1S/C19H22N4O.2ClH/c1-13-8-10-14(11-9-13)18(20)19(24)21-12-4-7-17-22-15-5-2-3-6-16(15)23-17;;/h2-3,5-6,8-11,18H,4,7,12,20H2,1H3,(H,21,24)(H,22,23);2*1H. The summed E-state index contributed by atoms with van der Waals surface area (Å²) in [6.45, 7) is 2.59. The molecule has 1 heterocycles. The van der Waals surface area contributed by atoms with E-state index >= 15 is 0 Å². The van der Waals surface area contributed by atoms with E-state index in [1.807, 2.05) is 55.5 Å². The van der Waals surface area contributed by atoms with Crippen molar-refractivity contribution in [3.05, 3.63) is 65.5 Å². The number of nitrogens with one attached hydrogen (secondary N) is 2. The molecular formula is C19H24Cl2N4O. The zero-order valence-corrected chi connectivity index (χ0v) is 16.2. The van der Waals surface area contributed by atoms with Gasteiger partial charge in [-0.15, -0.1) is 24.8 Å². The van der Waals surface area contributed by atoms with Crippen LogP contribution < -0.4 is 11.1 Å². The van der Waals surface area contributed by atoms with E-state index in [4.69, 9.17) is 5.73 Å². The number of para-hydroxylation sites is 2. The van der Waals surface area contributed by atoms with E-state index in [0.29, 0.717) is 6.54 Å². The largest absolute Gasteiger partial charge is 0.354 e. The van der Waals surface area contributed by atoms with Crippen LogP contribution in [0.15, 0.2) is 48.5 Å². The fraction of sp³-hybridized carbons (Fsp3) is 0.263. The molecule has 0 bridgehead atoms. The summed E-state index contributed by atoms with van der Waals surface area (Å²) in [5.41, 5.74) is 9.99. The summed E-state index contributed by atoms with van der Waals surface area (Å²) in [6.07, 6.45) is 1.60. The van der Waals surface area contributed by atoms with Crippen LogP contribution in [0, 0.1) is 6.92 Å². The number of imidazole rings is 1. The lowest BCUT2D eigenvalue weighted by Gasteiger charge is -2.12. The second kappa shape index (κ2) is 10.2. The second-order valence-corrected chi connectivity index (χ2v) is 5.98. The minimum absolute atomic E-state index is 0. The Labute approximate surface area is 165 Å². The number of carbonyl (C=O) groups excluding carboxylic acids is 1. The van der Waals surface area contributed by atoms with E-state index in [2.05, 4.69) is 15.3 Å². The number of fused-ring (bicyclic) bond motifs is 1.